The zero-order chi connectivity index (χ0) is 15.2. The Kier molecular flexibility index (Phi) is 0.666. The lowest BCUT2D eigenvalue weighted by molar-refractivity contribution is 0.414. The van der Waals surface area contributed by atoms with Gasteiger partial charge in [-0.1, -0.05) is 12.1 Å². The summed E-state index contributed by atoms with van der Waals surface area (Å²) < 4.78 is 69.9. The molecule has 10 heavy (non-hydrogen) atoms. The molecule has 0 aromatic heterocycles. The number of hydrogen-bond acceptors (Lipinski definition) is 1. The first kappa shape index (κ1) is 1.92. The third-order valence-electron chi connectivity index (χ3n) is 0.799. The van der Waals surface area contributed by atoms with E-state index in [4.69, 9.17) is 23.9 Å². The largest absolute Gasteiger partial charge is 0.497 e. The summed E-state index contributed by atoms with van der Waals surface area (Å²) in [6, 6.07) is -3.14. The number of methoxy groups -OCH3 is 1. The first-order chi connectivity index (χ1) is 8.36. The van der Waals surface area contributed by atoms with Gasteiger partial charge in [0.25, 0.3) is 0 Å². The van der Waals surface area contributed by atoms with E-state index in [1.807, 2.05) is 0 Å². The van der Waals surface area contributed by atoms with Crippen LogP contribution in [-0.2, 0) is 5.83 Å². The van der Waals surface area contributed by atoms with Gasteiger partial charge in [-0.15, -0.1) is 11.6 Å². The van der Waals surface area contributed by atoms with Gasteiger partial charge in [0, 0.05) is 8.57 Å². The summed E-state index contributed by atoms with van der Waals surface area (Å²) >= 11 is 5.37. The minimum Gasteiger partial charge on any atom is -0.497 e. The second-order valence-corrected chi connectivity index (χ2v) is 1.59. The van der Waals surface area contributed by atoms with Gasteiger partial charge in [-0.2, -0.15) is 0 Å². The molecule has 0 N–H and O–H groups in total. The van der Waals surface area contributed by atoms with Crippen molar-refractivity contribution in [3.63, 3.8) is 0 Å². The average Bonchev–Trinajstić information content (AvgIpc) is 2.18. The molecule has 1 aromatic rings. The predicted molar refractivity (Wildman–Crippen MR) is 42.6 cm³/mol. The third kappa shape index (κ3) is 1.64. The smallest absolute Gasteiger partial charge is 0.118 e. The van der Waals surface area contributed by atoms with Crippen LogP contribution in [0.5, 0.6) is 5.75 Å². The summed E-state index contributed by atoms with van der Waals surface area (Å²) in [7, 11) is -2.94. The highest BCUT2D eigenvalue weighted by Crippen LogP contribution is 2.12. The molecule has 1 rings (SSSR count). The van der Waals surface area contributed by atoms with Gasteiger partial charge in [0.15, 0.2) is 0 Å². The molecule has 0 aliphatic heterocycles. The summed E-state index contributed by atoms with van der Waals surface area (Å²) in [5.74, 6) is -3.38. The SMILES string of the molecule is [2H]c1c([2H])c(C([2H])([2H])Cl)c([2H])c([2H])c1OC([2H])([2H])[2H]. The van der Waals surface area contributed by atoms with Crippen molar-refractivity contribution in [1.82, 2.24) is 0 Å². The van der Waals surface area contributed by atoms with Gasteiger partial charge < -0.3 is 4.74 Å². The second-order valence-electron chi connectivity index (χ2n) is 1.40. The zero-order valence-corrected chi connectivity index (χ0v) is 5.54. The summed E-state index contributed by atoms with van der Waals surface area (Å²) in [6.45, 7) is 0. The second kappa shape index (κ2) is 3.47. The van der Waals surface area contributed by atoms with Crippen LogP contribution >= 0.6 is 11.6 Å². The Balaban J connectivity index is 3.57. The molecule has 54 valence electrons. The normalized spacial score (nSPS) is 25.1. The Morgan fingerprint density at radius 2 is 2.40 bits per heavy atom. The zero-order valence-electron chi connectivity index (χ0n) is 13.8. The fourth-order valence-corrected chi connectivity index (χ4v) is 0.494. The maximum absolute atomic E-state index is 7.56. The van der Waals surface area contributed by atoms with Crippen LogP contribution in [0.25, 0.3) is 0 Å². The molecular weight excluding hydrogens is 148 g/mol. The summed E-state index contributed by atoms with van der Waals surface area (Å²) in [5.41, 5.74) is -0.665. The standard InChI is InChI=1S/C8H9ClO/c1-10-8-4-2-7(6-9)3-5-8/h2-5H,6H2,1H3/i1D3,2D,3D,4D,5D,6D2. The molecule has 0 atom stereocenters. The lowest BCUT2D eigenvalue weighted by Gasteiger charge is -1.98. The minimum absolute atomic E-state index is 0.665. The lowest BCUT2D eigenvalue weighted by Crippen LogP contribution is -1.82. The molecule has 0 aliphatic rings. The molecule has 1 aromatic carbocycles. The van der Waals surface area contributed by atoms with Crippen LogP contribution in [0.15, 0.2) is 24.2 Å². The molecule has 0 aliphatic carbocycles. The van der Waals surface area contributed by atoms with Crippen LogP contribution in [-0.4, -0.2) is 7.04 Å². The molecular formula is C8H9ClO. The van der Waals surface area contributed by atoms with E-state index in [1.165, 1.54) is 0 Å². The number of rotatable bonds is 2. The molecule has 0 radical (unpaired) electrons. The van der Waals surface area contributed by atoms with Crippen molar-refractivity contribution in [3.05, 3.63) is 29.7 Å². The molecule has 0 bridgehead atoms. The van der Waals surface area contributed by atoms with Crippen molar-refractivity contribution in [3.8, 4) is 5.75 Å². The van der Waals surface area contributed by atoms with Crippen LogP contribution in [0.3, 0.4) is 0 Å². The molecule has 0 unspecified atom stereocenters. The first-order valence-corrected chi connectivity index (χ1v) is 2.73. The van der Waals surface area contributed by atoms with Crippen LogP contribution in [0.1, 0.15) is 17.9 Å². The minimum atomic E-state index is -2.94. The monoisotopic (exact) mass is 165 g/mol. The molecule has 1 nitrogen and oxygen atoms in total. The van der Waals surface area contributed by atoms with Crippen molar-refractivity contribution in [2.24, 2.45) is 0 Å². The Morgan fingerprint density at radius 3 is 2.90 bits per heavy atom. The maximum atomic E-state index is 7.56. The maximum Gasteiger partial charge on any atom is 0.118 e. The van der Waals surface area contributed by atoms with E-state index in [0.717, 1.165) is 0 Å². The van der Waals surface area contributed by atoms with Gasteiger partial charge in [-0.05, 0) is 17.6 Å². The summed E-state index contributed by atoms with van der Waals surface area (Å²) in [5, 5.41) is 0. The average molecular weight is 166 g/mol. The van der Waals surface area contributed by atoms with E-state index in [2.05, 4.69) is 4.74 Å². The van der Waals surface area contributed by atoms with Crippen molar-refractivity contribution < 1.29 is 17.1 Å². The number of hydrogen-bond donors (Lipinski definition) is 0. The van der Waals surface area contributed by atoms with Crippen LogP contribution in [0.2, 0.25) is 0 Å². The Morgan fingerprint density at radius 1 is 1.70 bits per heavy atom. The molecule has 0 saturated heterocycles. The van der Waals surface area contributed by atoms with Gasteiger partial charge in [-0.25, -0.2) is 0 Å². The van der Waals surface area contributed by atoms with Crippen molar-refractivity contribution in [2.75, 3.05) is 7.04 Å². The van der Waals surface area contributed by atoms with Gasteiger partial charge >= 0.3 is 0 Å². The van der Waals surface area contributed by atoms with Gasteiger partial charge in [0.1, 0.15) is 5.75 Å². The number of ether oxygens (including phenoxy) is 1. The Hall–Kier alpha value is -0.690. The van der Waals surface area contributed by atoms with Crippen molar-refractivity contribution in [1.29, 1.82) is 0 Å². The molecule has 0 saturated carbocycles. The lowest BCUT2D eigenvalue weighted by atomic mass is 10.2. The third-order valence-corrected chi connectivity index (χ3v) is 0.988. The highest BCUT2D eigenvalue weighted by atomic mass is 35.5. The van der Waals surface area contributed by atoms with E-state index in [9.17, 15) is 0 Å². The van der Waals surface area contributed by atoms with Gasteiger partial charge in [0.2, 0.25) is 0 Å². The Labute approximate surface area is 78.2 Å². The van der Waals surface area contributed by atoms with Crippen LogP contribution in [0, 0.1) is 0 Å². The molecule has 0 spiro atoms. The first-order valence-electron chi connectivity index (χ1n) is 6.85. The Bertz CT molecular complexity index is 475. The van der Waals surface area contributed by atoms with Crippen molar-refractivity contribution in [2.45, 2.75) is 5.83 Å². The highest BCUT2D eigenvalue weighted by Gasteiger charge is 1.90. The van der Waals surface area contributed by atoms with Gasteiger partial charge in [0.05, 0.1) is 16.6 Å². The molecule has 0 amide bonds. The summed E-state index contributed by atoms with van der Waals surface area (Å²) in [4.78, 5) is 0. The number of halogens is 1. The van der Waals surface area contributed by atoms with Gasteiger partial charge in [-0.3, -0.25) is 0 Å². The van der Waals surface area contributed by atoms with E-state index in [1.54, 1.807) is 0 Å². The van der Waals surface area contributed by atoms with Crippen molar-refractivity contribution >= 4 is 11.6 Å². The van der Waals surface area contributed by atoms with Crippen LogP contribution in [0.4, 0.5) is 0 Å². The molecule has 0 fully saturated rings. The number of alkyl halides is 1. The van der Waals surface area contributed by atoms with E-state index in [0.29, 0.717) is 0 Å². The summed E-state index contributed by atoms with van der Waals surface area (Å²) in [6.07, 6.45) is 0. The highest BCUT2D eigenvalue weighted by molar-refractivity contribution is 6.17. The quantitative estimate of drug-likeness (QED) is 0.612. The predicted octanol–water partition coefficient (Wildman–Crippen LogP) is 2.43. The topological polar surface area (TPSA) is 9.23 Å². The van der Waals surface area contributed by atoms with Crippen LogP contribution < -0.4 is 4.74 Å². The van der Waals surface area contributed by atoms with E-state index < -0.39 is 48.4 Å². The van der Waals surface area contributed by atoms with E-state index in [-0.39, 0.29) is 0 Å². The molecule has 2 heteroatoms. The molecule has 0 heterocycles. The van der Waals surface area contributed by atoms with E-state index >= 15 is 0 Å². The fourth-order valence-electron chi connectivity index (χ4n) is 0.399. The fraction of sp³-hybridized carbons (Fsp3) is 0.250. The number of benzene rings is 1.